The van der Waals surface area contributed by atoms with E-state index in [1.165, 1.54) is 19.3 Å². The average molecular weight is 370 g/mol. The highest BCUT2D eigenvalue weighted by atomic mass is 35.5. The molecule has 0 fully saturated rings. The molecule has 0 spiro atoms. The number of ether oxygens (including phenoxy) is 2. The fourth-order valence-corrected chi connectivity index (χ4v) is 2.30. The molecule has 1 amide bonds. The number of anilines is 1. The summed E-state index contributed by atoms with van der Waals surface area (Å²) in [5.41, 5.74) is 1.30. The van der Waals surface area contributed by atoms with Gasteiger partial charge in [0, 0.05) is 6.08 Å². The van der Waals surface area contributed by atoms with Gasteiger partial charge in [-0.1, -0.05) is 24.1 Å². The molecule has 0 aliphatic carbocycles. The second kappa shape index (κ2) is 9.30. The van der Waals surface area contributed by atoms with Crippen LogP contribution in [0.1, 0.15) is 15.9 Å². The summed E-state index contributed by atoms with van der Waals surface area (Å²) in [6.07, 6.45) is 8.12. The zero-order valence-electron chi connectivity index (χ0n) is 14.0. The maximum atomic E-state index is 12.1. The van der Waals surface area contributed by atoms with Crippen molar-refractivity contribution in [1.82, 2.24) is 0 Å². The number of rotatable bonds is 7. The highest BCUT2D eigenvalue weighted by Gasteiger charge is 2.09. The van der Waals surface area contributed by atoms with Crippen LogP contribution in [-0.4, -0.2) is 24.9 Å². The Morgan fingerprint density at radius 3 is 2.69 bits per heavy atom. The van der Waals surface area contributed by atoms with Crippen LogP contribution >= 0.6 is 11.6 Å². The van der Waals surface area contributed by atoms with Crippen LogP contribution in [0.3, 0.4) is 0 Å². The number of carbonyl (C=O) groups is 2. The van der Waals surface area contributed by atoms with Crippen molar-refractivity contribution in [3.05, 3.63) is 59.7 Å². The van der Waals surface area contributed by atoms with Crippen LogP contribution in [0.25, 0.3) is 6.08 Å². The minimum atomic E-state index is -0.642. The topological polar surface area (TPSA) is 64.6 Å². The fraction of sp³-hybridized carbons (Fsp3) is 0.100. The number of carbonyl (C=O) groups excluding carboxylic acids is 2. The zero-order chi connectivity index (χ0) is 18.9. The van der Waals surface area contributed by atoms with Crippen molar-refractivity contribution in [2.45, 2.75) is 0 Å². The average Bonchev–Trinajstić information content (AvgIpc) is 2.65. The van der Waals surface area contributed by atoms with E-state index in [9.17, 15) is 9.59 Å². The number of hydrogen-bond donors (Lipinski definition) is 1. The summed E-state index contributed by atoms with van der Waals surface area (Å²) in [5, 5.41) is 1.98. The molecule has 26 heavy (non-hydrogen) atoms. The Morgan fingerprint density at radius 1 is 1.23 bits per heavy atom. The number of para-hydroxylation sites is 1. The summed E-state index contributed by atoms with van der Waals surface area (Å²) in [4.78, 5) is 23.5. The van der Waals surface area contributed by atoms with Gasteiger partial charge < -0.3 is 14.8 Å². The molecule has 6 heteroatoms. The number of benzene rings is 2. The first-order chi connectivity index (χ1) is 12.5. The number of halogens is 1. The lowest BCUT2D eigenvalue weighted by Gasteiger charge is -2.09. The molecule has 0 aliphatic heterocycles. The van der Waals surface area contributed by atoms with E-state index in [2.05, 4.69) is 11.2 Å². The molecule has 0 saturated heterocycles. The number of methoxy groups -OCH3 is 1. The SMILES string of the molecule is C#CCOc1ccc(/C=C/C(=O)Nc2ccccc2C(=O)Cl)cc1OC. The van der Waals surface area contributed by atoms with Crippen LogP contribution in [0.2, 0.25) is 0 Å². The number of nitrogens with one attached hydrogen (secondary N) is 1. The van der Waals surface area contributed by atoms with Crippen LogP contribution < -0.4 is 14.8 Å². The van der Waals surface area contributed by atoms with E-state index in [1.54, 1.807) is 42.5 Å². The van der Waals surface area contributed by atoms with E-state index in [-0.39, 0.29) is 12.2 Å². The van der Waals surface area contributed by atoms with Gasteiger partial charge in [-0.2, -0.15) is 0 Å². The van der Waals surface area contributed by atoms with Crippen LogP contribution in [0.15, 0.2) is 48.5 Å². The highest BCUT2D eigenvalue weighted by molar-refractivity contribution is 6.68. The zero-order valence-corrected chi connectivity index (χ0v) is 14.7. The summed E-state index contributed by atoms with van der Waals surface area (Å²) in [7, 11) is 1.51. The van der Waals surface area contributed by atoms with Gasteiger partial charge in [-0.15, -0.1) is 6.42 Å². The molecule has 0 bridgehead atoms. The Bertz CT molecular complexity index is 884. The molecule has 0 aliphatic rings. The molecule has 132 valence electrons. The van der Waals surface area contributed by atoms with Crippen molar-refractivity contribution < 1.29 is 19.1 Å². The largest absolute Gasteiger partial charge is 0.493 e. The molecule has 0 unspecified atom stereocenters. The van der Waals surface area contributed by atoms with Gasteiger partial charge in [-0.3, -0.25) is 9.59 Å². The van der Waals surface area contributed by atoms with Crippen LogP contribution in [-0.2, 0) is 4.79 Å². The minimum Gasteiger partial charge on any atom is -0.493 e. The van der Waals surface area contributed by atoms with Gasteiger partial charge in [0.25, 0.3) is 5.24 Å². The van der Waals surface area contributed by atoms with Crippen LogP contribution in [0.4, 0.5) is 5.69 Å². The van der Waals surface area contributed by atoms with E-state index in [1.807, 2.05) is 0 Å². The third-order valence-electron chi connectivity index (χ3n) is 3.32. The highest BCUT2D eigenvalue weighted by Crippen LogP contribution is 2.28. The summed E-state index contributed by atoms with van der Waals surface area (Å²) >= 11 is 5.50. The molecule has 0 aromatic heterocycles. The summed E-state index contributed by atoms with van der Waals surface area (Å²) in [6.45, 7) is 0.132. The molecule has 1 N–H and O–H groups in total. The molecular formula is C20H16ClNO4. The maximum absolute atomic E-state index is 12.1. The molecule has 5 nitrogen and oxygen atoms in total. The predicted octanol–water partition coefficient (Wildman–Crippen LogP) is 3.74. The third-order valence-corrected chi connectivity index (χ3v) is 3.53. The van der Waals surface area contributed by atoms with Crippen LogP contribution in [0.5, 0.6) is 11.5 Å². The van der Waals surface area contributed by atoms with Crippen molar-refractivity contribution >= 4 is 34.5 Å². The maximum Gasteiger partial charge on any atom is 0.254 e. The van der Waals surface area contributed by atoms with E-state index in [0.29, 0.717) is 17.2 Å². The molecule has 2 aromatic carbocycles. The normalized spacial score (nSPS) is 10.2. The predicted molar refractivity (Wildman–Crippen MR) is 102 cm³/mol. The van der Waals surface area contributed by atoms with E-state index >= 15 is 0 Å². The smallest absolute Gasteiger partial charge is 0.254 e. The molecule has 0 saturated carbocycles. The van der Waals surface area contributed by atoms with Crippen molar-refractivity contribution in [2.24, 2.45) is 0 Å². The van der Waals surface area contributed by atoms with Crippen molar-refractivity contribution in [1.29, 1.82) is 0 Å². The van der Waals surface area contributed by atoms with E-state index in [0.717, 1.165) is 5.56 Å². The molecule has 2 rings (SSSR count). The Morgan fingerprint density at radius 2 is 2.00 bits per heavy atom. The quantitative estimate of drug-likeness (QED) is 0.459. The van der Waals surface area contributed by atoms with Gasteiger partial charge >= 0.3 is 0 Å². The van der Waals surface area contributed by atoms with Gasteiger partial charge in [0.2, 0.25) is 5.91 Å². The van der Waals surface area contributed by atoms with Gasteiger partial charge in [-0.25, -0.2) is 0 Å². The summed E-state index contributed by atoms with van der Waals surface area (Å²) in [5.74, 6) is 3.00. The van der Waals surface area contributed by atoms with Gasteiger partial charge in [0.05, 0.1) is 18.4 Å². The van der Waals surface area contributed by atoms with Crippen molar-refractivity contribution in [3.63, 3.8) is 0 Å². The molecule has 0 heterocycles. The first kappa shape index (κ1) is 19.1. The Balaban J connectivity index is 2.11. The number of terminal acetylenes is 1. The lowest BCUT2D eigenvalue weighted by molar-refractivity contribution is -0.111. The molecule has 2 aromatic rings. The Hall–Kier alpha value is -3.23. The fourth-order valence-electron chi connectivity index (χ4n) is 2.14. The second-order valence-electron chi connectivity index (χ2n) is 5.04. The lowest BCUT2D eigenvalue weighted by Crippen LogP contribution is -2.10. The Labute approximate surface area is 156 Å². The van der Waals surface area contributed by atoms with E-state index < -0.39 is 11.1 Å². The molecule has 0 atom stereocenters. The number of hydrogen-bond acceptors (Lipinski definition) is 4. The first-order valence-electron chi connectivity index (χ1n) is 7.57. The summed E-state index contributed by atoms with van der Waals surface area (Å²) in [6, 6.07) is 11.7. The first-order valence-corrected chi connectivity index (χ1v) is 7.95. The van der Waals surface area contributed by atoms with Gasteiger partial charge in [-0.05, 0) is 47.5 Å². The third kappa shape index (κ3) is 5.13. The minimum absolute atomic E-state index is 0.132. The monoisotopic (exact) mass is 369 g/mol. The van der Waals surface area contributed by atoms with Gasteiger partial charge in [0.1, 0.15) is 6.61 Å². The van der Waals surface area contributed by atoms with Crippen LogP contribution in [0, 0.1) is 12.3 Å². The second-order valence-corrected chi connectivity index (χ2v) is 5.39. The summed E-state index contributed by atoms with van der Waals surface area (Å²) < 4.78 is 10.6. The standard InChI is InChI=1S/C20H16ClNO4/c1-3-12-26-17-10-8-14(13-18(17)25-2)9-11-19(23)22-16-7-5-4-6-15(16)20(21)24/h1,4-11,13H,12H2,2H3,(H,22,23)/b11-9+. The van der Waals surface area contributed by atoms with Gasteiger partial charge in [0.15, 0.2) is 11.5 Å². The van der Waals surface area contributed by atoms with E-state index in [4.69, 9.17) is 27.5 Å². The lowest BCUT2D eigenvalue weighted by atomic mass is 10.1. The molecular weight excluding hydrogens is 354 g/mol. The van der Waals surface area contributed by atoms with Crippen molar-refractivity contribution in [3.8, 4) is 23.8 Å². The molecule has 0 radical (unpaired) electrons. The Kier molecular flexibility index (Phi) is 6.84. The number of amides is 1. The van der Waals surface area contributed by atoms with Crippen molar-refractivity contribution in [2.75, 3.05) is 19.0 Å².